The van der Waals surface area contributed by atoms with Gasteiger partial charge in [-0.15, -0.1) is 0 Å². The van der Waals surface area contributed by atoms with Crippen LogP contribution in [0.5, 0.6) is 0 Å². The van der Waals surface area contributed by atoms with Gasteiger partial charge < -0.3 is 5.11 Å². The fraction of sp³-hybridized carbons (Fsp3) is 0.600. The van der Waals surface area contributed by atoms with Gasteiger partial charge in [-0.25, -0.2) is 0 Å². The highest BCUT2D eigenvalue weighted by atomic mass is 16.6. The smallest absolute Gasteiger partial charge is 0.269 e. The van der Waals surface area contributed by atoms with Gasteiger partial charge in [0.2, 0.25) is 0 Å². The number of non-ortho nitro benzene ring substituents is 1. The molecule has 2 aliphatic rings. The van der Waals surface area contributed by atoms with E-state index in [-0.39, 0.29) is 11.8 Å². The molecule has 3 rings (SSSR count). The van der Waals surface area contributed by atoms with Crippen LogP contribution < -0.4 is 0 Å². The lowest BCUT2D eigenvalue weighted by Gasteiger charge is -2.10. The molecule has 0 heterocycles. The molecule has 0 bridgehead atoms. The van der Waals surface area contributed by atoms with Crippen LogP contribution in [0.25, 0.3) is 0 Å². The maximum atomic E-state index is 10.6. The van der Waals surface area contributed by atoms with Crippen LogP contribution in [0.2, 0.25) is 0 Å². The van der Waals surface area contributed by atoms with E-state index >= 15 is 0 Å². The molecule has 1 aromatic carbocycles. The number of hydrogen-bond donors (Lipinski definition) is 1. The Kier molecular flexibility index (Phi) is 3.27. The third-order valence-electron chi connectivity index (χ3n) is 4.76. The molecule has 0 spiro atoms. The van der Waals surface area contributed by atoms with Crippen LogP contribution in [0.1, 0.15) is 31.2 Å². The highest BCUT2D eigenvalue weighted by molar-refractivity contribution is 5.33. The van der Waals surface area contributed by atoms with Crippen molar-refractivity contribution in [2.75, 3.05) is 0 Å². The van der Waals surface area contributed by atoms with Gasteiger partial charge in [-0.2, -0.15) is 0 Å². The number of nitro groups is 1. The number of fused-ring (bicyclic) bond motifs is 1. The van der Waals surface area contributed by atoms with Crippen molar-refractivity contribution in [1.82, 2.24) is 0 Å². The molecule has 0 saturated heterocycles. The summed E-state index contributed by atoms with van der Waals surface area (Å²) in [5.41, 5.74) is 1.10. The van der Waals surface area contributed by atoms with E-state index in [9.17, 15) is 15.2 Å². The van der Waals surface area contributed by atoms with Crippen LogP contribution in [0, 0.1) is 27.9 Å². The Bertz CT molecular complexity index is 459. The van der Waals surface area contributed by atoms with E-state index in [1.54, 1.807) is 12.1 Å². The predicted molar refractivity (Wildman–Crippen MR) is 71.7 cm³/mol. The molecular weight excluding hydrogens is 242 g/mol. The fourth-order valence-corrected chi connectivity index (χ4v) is 3.75. The molecule has 102 valence electrons. The van der Waals surface area contributed by atoms with Crippen molar-refractivity contribution in [1.29, 1.82) is 0 Å². The first-order valence-corrected chi connectivity index (χ1v) is 7.08. The SMILES string of the molecule is O=[N+]([O-])c1ccc(CC(O)C2C3CCCCC32)cc1. The fourth-order valence-electron chi connectivity index (χ4n) is 3.75. The van der Waals surface area contributed by atoms with Crippen molar-refractivity contribution < 1.29 is 10.0 Å². The van der Waals surface area contributed by atoms with Crippen LogP contribution in [0.4, 0.5) is 5.69 Å². The second-order valence-electron chi connectivity index (χ2n) is 5.88. The van der Waals surface area contributed by atoms with Crippen LogP contribution in [-0.2, 0) is 6.42 Å². The summed E-state index contributed by atoms with van der Waals surface area (Å²) in [5.74, 6) is 1.95. The van der Waals surface area contributed by atoms with Crippen molar-refractivity contribution in [2.24, 2.45) is 17.8 Å². The molecular formula is C15H19NO3. The van der Waals surface area contributed by atoms with E-state index in [0.29, 0.717) is 12.3 Å². The first-order chi connectivity index (χ1) is 9.16. The number of aliphatic hydroxyl groups is 1. The normalized spacial score (nSPS) is 30.5. The van der Waals surface area contributed by atoms with Crippen LogP contribution >= 0.6 is 0 Å². The van der Waals surface area contributed by atoms with Gasteiger partial charge in [-0.1, -0.05) is 25.0 Å². The monoisotopic (exact) mass is 261 g/mol. The van der Waals surface area contributed by atoms with Crippen LogP contribution in [0.15, 0.2) is 24.3 Å². The lowest BCUT2D eigenvalue weighted by molar-refractivity contribution is -0.384. The topological polar surface area (TPSA) is 63.4 Å². The largest absolute Gasteiger partial charge is 0.392 e. The van der Waals surface area contributed by atoms with Crippen molar-refractivity contribution in [3.63, 3.8) is 0 Å². The molecule has 3 atom stereocenters. The number of nitro benzene ring substituents is 1. The molecule has 19 heavy (non-hydrogen) atoms. The molecule has 1 aromatic rings. The molecule has 3 unspecified atom stereocenters. The summed E-state index contributed by atoms with van der Waals surface area (Å²) < 4.78 is 0. The molecule has 0 aliphatic heterocycles. The second-order valence-corrected chi connectivity index (χ2v) is 5.88. The van der Waals surface area contributed by atoms with Crippen LogP contribution in [0.3, 0.4) is 0 Å². The summed E-state index contributed by atoms with van der Waals surface area (Å²) >= 11 is 0. The zero-order valence-corrected chi connectivity index (χ0v) is 10.9. The van der Waals surface area contributed by atoms with Crippen LogP contribution in [-0.4, -0.2) is 16.1 Å². The zero-order chi connectivity index (χ0) is 13.4. The first-order valence-electron chi connectivity index (χ1n) is 7.08. The molecule has 4 nitrogen and oxygen atoms in total. The van der Waals surface area contributed by atoms with Crippen molar-refractivity contribution >= 4 is 5.69 Å². The van der Waals surface area contributed by atoms with Crippen molar-refractivity contribution in [2.45, 2.75) is 38.2 Å². The Morgan fingerprint density at radius 2 is 1.79 bits per heavy atom. The molecule has 0 radical (unpaired) electrons. The van der Waals surface area contributed by atoms with Crippen molar-refractivity contribution in [3.05, 3.63) is 39.9 Å². The lowest BCUT2D eigenvalue weighted by atomic mass is 10.0. The highest BCUT2D eigenvalue weighted by Crippen LogP contribution is 2.57. The average Bonchev–Trinajstić information content (AvgIpc) is 3.13. The average molecular weight is 261 g/mol. The summed E-state index contributed by atoms with van der Waals surface area (Å²) in [6.07, 6.45) is 5.49. The zero-order valence-electron chi connectivity index (χ0n) is 10.9. The minimum atomic E-state index is -0.393. The summed E-state index contributed by atoms with van der Waals surface area (Å²) in [5, 5.41) is 20.9. The molecule has 4 heteroatoms. The summed E-state index contributed by atoms with van der Waals surface area (Å²) in [6.45, 7) is 0. The van der Waals surface area contributed by atoms with Crippen molar-refractivity contribution in [3.8, 4) is 0 Å². The van der Waals surface area contributed by atoms with Gasteiger partial charge in [-0.05, 0) is 42.6 Å². The number of rotatable bonds is 4. The molecule has 0 amide bonds. The number of aliphatic hydroxyl groups excluding tert-OH is 1. The quantitative estimate of drug-likeness (QED) is 0.669. The Labute approximate surface area is 112 Å². The van der Waals surface area contributed by atoms with Gasteiger partial charge in [-0.3, -0.25) is 10.1 Å². The van der Waals surface area contributed by atoms with Gasteiger partial charge in [0.25, 0.3) is 5.69 Å². The molecule has 2 saturated carbocycles. The first kappa shape index (κ1) is 12.6. The number of hydrogen-bond acceptors (Lipinski definition) is 3. The standard InChI is InChI=1S/C15H19NO3/c17-14(15-12-3-1-2-4-13(12)15)9-10-5-7-11(8-6-10)16(18)19/h5-8,12-15,17H,1-4,9H2. The minimum Gasteiger partial charge on any atom is -0.392 e. The summed E-state index contributed by atoms with van der Waals surface area (Å²) in [7, 11) is 0. The van der Waals surface area contributed by atoms with E-state index in [2.05, 4.69) is 0 Å². The Morgan fingerprint density at radius 1 is 1.21 bits per heavy atom. The third-order valence-corrected chi connectivity index (χ3v) is 4.76. The molecule has 0 aromatic heterocycles. The molecule has 2 fully saturated rings. The van der Waals surface area contributed by atoms with Gasteiger partial charge >= 0.3 is 0 Å². The molecule has 1 N–H and O–H groups in total. The minimum absolute atomic E-state index is 0.110. The third kappa shape index (κ3) is 2.50. The summed E-state index contributed by atoms with van der Waals surface area (Å²) in [6, 6.07) is 6.55. The predicted octanol–water partition coefficient (Wildman–Crippen LogP) is 2.93. The van der Waals surface area contributed by atoms with E-state index < -0.39 is 4.92 Å². The molecule has 2 aliphatic carbocycles. The lowest BCUT2D eigenvalue weighted by Crippen LogP contribution is -2.15. The van der Waals surface area contributed by atoms with E-state index in [1.807, 2.05) is 0 Å². The Hall–Kier alpha value is -1.42. The van der Waals surface area contributed by atoms with Gasteiger partial charge in [0, 0.05) is 12.1 Å². The van der Waals surface area contributed by atoms with Gasteiger partial charge in [0.05, 0.1) is 11.0 Å². The van der Waals surface area contributed by atoms with E-state index in [0.717, 1.165) is 17.4 Å². The van der Waals surface area contributed by atoms with Gasteiger partial charge in [0.1, 0.15) is 0 Å². The summed E-state index contributed by atoms with van der Waals surface area (Å²) in [4.78, 5) is 10.2. The van der Waals surface area contributed by atoms with E-state index in [4.69, 9.17) is 0 Å². The van der Waals surface area contributed by atoms with Gasteiger partial charge in [0.15, 0.2) is 0 Å². The maximum Gasteiger partial charge on any atom is 0.269 e. The Morgan fingerprint density at radius 3 is 2.32 bits per heavy atom. The Balaban J connectivity index is 1.60. The maximum absolute atomic E-state index is 10.6. The second kappa shape index (κ2) is 4.93. The number of benzene rings is 1. The number of nitrogens with zero attached hydrogens (tertiary/aromatic N) is 1. The highest BCUT2D eigenvalue weighted by Gasteiger charge is 2.53. The van der Waals surface area contributed by atoms with E-state index in [1.165, 1.54) is 37.8 Å².